The van der Waals surface area contributed by atoms with E-state index in [4.69, 9.17) is 27.9 Å². The summed E-state index contributed by atoms with van der Waals surface area (Å²) < 4.78 is 4.92. The Morgan fingerprint density at radius 2 is 2.14 bits per heavy atom. The van der Waals surface area contributed by atoms with Crippen LogP contribution < -0.4 is 4.74 Å². The maximum Gasteiger partial charge on any atom is 0.321 e. The maximum absolute atomic E-state index is 11.0. The lowest BCUT2D eigenvalue weighted by Gasteiger charge is -2.07. The SMILES string of the molecule is Cc1cc(Cl)cc(OC(=O)CS)c1Cl. The normalized spacial score (nSPS) is 10.0. The zero-order valence-electron chi connectivity index (χ0n) is 7.38. The lowest BCUT2D eigenvalue weighted by molar-refractivity contribution is -0.131. The molecule has 0 amide bonds. The van der Waals surface area contributed by atoms with Gasteiger partial charge in [0.25, 0.3) is 0 Å². The van der Waals surface area contributed by atoms with Crippen molar-refractivity contribution in [1.82, 2.24) is 0 Å². The third-order valence-electron chi connectivity index (χ3n) is 1.54. The molecule has 0 unspecified atom stereocenters. The number of hydrogen-bond donors (Lipinski definition) is 1. The maximum atomic E-state index is 11.0. The molecule has 1 rings (SSSR count). The van der Waals surface area contributed by atoms with Gasteiger partial charge in [0.2, 0.25) is 0 Å². The Hall–Kier alpha value is -0.380. The molecule has 0 spiro atoms. The van der Waals surface area contributed by atoms with Crippen molar-refractivity contribution in [2.24, 2.45) is 0 Å². The summed E-state index contributed by atoms with van der Waals surface area (Å²) in [6.07, 6.45) is 0. The van der Waals surface area contributed by atoms with E-state index in [1.807, 2.05) is 0 Å². The molecule has 0 aliphatic rings. The standard InChI is InChI=1S/C9H8Cl2O2S/c1-5-2-6(10)3-7(9(5)11)13-8(12)4-14/h2-3,14H,4H2,1H3. The Morgan fingerprint density at radius 3 is 2.71 bits per heavy atom. The van der Waals surface area contributed by atoms with E-state index in [-0.39, 0.29) is 11.5 Å². The minimum atomic E-state index is -0.461. The lowest BCUT2D eigenvalue weighted by atomic mass is 10.2. The van der Waals surface area contributed by atoms with Crippen molar-refractivity contribution < 1.29 is 9.53 Å². The number of ether oxygens (including phenoxy) is 1. The van der Waals surface area contributed by atoms with Crippen LogP contribution >= 0.6 is 35.8 Å². The second-order valence-electron chi connectivity index (χ2n) is 2.67. The topological polar surface area (TPSA) is 26.3 Å². The fraction of sp³-hybridized carbons (Fsp3) is 0.222. The Bertz CT molecular complexity index is 366. The van der Waals surface area contributed by atoms with Crippen LogP contribution in [-0.4, -0.2) is 11.7 Å². The average Bonchev–Trinajstić information content (AvgIpc) is 2.13. The smallest absolute Gasteiger partial charge is 0.321 e. The van der Waals surface area contributed by atoms with E-state index in [2.05, 4.69) is 12.6 Å². The molecule has 0 bridgehead atoms. The molecule has 0 heterocycles. The van der Waals surface area contributed by atoms with Crippen molar-refractivity contribution in [2.45, 2.75) is 6.92 Å². The summed E-state index contributed by atoms with van der Waals surface area (Å²) in [5, 5.41) is 0.874. The number of aryl methyl sites for hydroxylation is 1. The third-order valence-corrected chi connectivity index (χ3v) is 2.50. The predicted octanol–water partition coefficient (Wildman–Crippen LogP) is 3.14. The Balaban J connectivity index is 3.02. The number of carbonyl (C=O) groups is 1. The summed E-state index contributed by atoms with van der Waals surface area (Å²) in [5.74, 6) is -0.186. The number of carbonyl (C=O) groups excluding carboxylic acids is 1. The Morgan fingerprint density at radius 1 is 1.50 bits per heavy atom. The van der Waals surface area contributed by atoms with Gasteiger partial charge in [-0.1, -0.05) is 23.2 Å². The molecule has 0 aromatic heterocycles. The molecule has 0 saturated heterocycles. The number of hydrogen-bond acceptors (Lipinski definition) is 3. The Kier molecular flexibility index (Phi) is 4.11. The highest BCUT2D eigenvalue weighted by Gasteiger charge is 2.10. The highest BCUT2D eigenvalue weighted by atomic mass is 35.5. The van der Waals surface area contributed by atoms with Gasteiger partial charge in [0.15, 0.2) is 5.75 Å². The first-order valence-electron chi connectivity index (χ1n) is 3.81. The van der Waals surface area contributed by atoms with Crippen molar-refractivity contribution in [1.29, 1.82) is 0 Å². The number of thiol groups is 1. The molecular formula is C9H8Cl2O2S. The van der Waals surface area contributed by atoms with Gasteiger partial charge in [-0.15, -0.1) is 0 Å². The first-order valence-corrected chi connectivity index (χ1v) is 5.20. The van der Waals surface area contributed by atoms with E-state index >= 15 is 0 Å². The largest absolute Gasteiger partial charge is 0.424 e. The quantitative estimate of drug-likeness (QED) is 0.496. The minimum absolute atomic E-state index is 0.00187. The fourth-order valence-electron chi connectivity index (χ4n) is 0.924. The van der Waals surface area contributed by atoms with Crippen molar-refractivity contribution >= 4 is 41.8 Å². The third kappa shape index (κ3) is 2.80. The molecule has 5 heteroatoms. The van der Waals surface area contributed by atoms with Gasteiger partial charge in [-0.2, -0.15) is 12.6 Å². The summed E-state index contributed by atoms with van der Waals surface area (Å²) in [7, 11) is 0. The second kappa shape index (κ2) is 4.91. The molecule has 1 aromatic rings. The van der Waals surface area contributed by atoms with Gasteiger partial charge in [0.05, 0.1) is 10.8 Å². The minimum Gasteiger partial charge on any atom is -0.424 e. The molecule has 0 atom stereocenters. The first-order chi connectivity index (χ1) is 6.54. The van der Waals surface area contributed by atoms with Crippen LogP contribution in [0.5, 0.6) is 5.75 Å². The number of esters is 1. The van der Waals surface area contributed by atoms with E-state index in [9.17, 15) is 4.79 Å². The van der Waals surface area contributed by atoms with Crippen LogP contribution in [0.3, 0.4) is 0 Å². The highest BCUT2D eigenvalue weighted by Crippen LogP contribution is 2.31. The van der Waals surface area contributed by atoms with Gasteiger partial charge < -0.3 is 4.74 Å². The average molecular weight is 251 g/mol. The van der Waals surface area contributed by atoms with Gasteiger partial charge >= 0.3 is 5.97 Å². The summed E-state index contributed by atoms with van der Waals surface area (Å²) in [6.45, 7) is 1.78. The van der Waals surface area contributed by atoms with Gasteiger partial charge in [-0.25, -0.2) is 0 Å². The van der Waals surface area contributed by atoms with Crippen LogP contribution in [0.25, 0.3) is 0 Å². The number of benzene rings is 1. The van der Waals surface area contributed by atoms with Crippen LogP contribution in [0, 0.1) is 6.92 Å². The molecular weight excluding hydrogens is 243 g/mol. The monoisotopic (exact) mass is 250 g/mol. The molecule has 0 N–H and O–H groups in total. The zero-order valence-corrected chi connectivity index (χ0v) is 9.79. The molecule has 76 valence electrons. The van der Waals surface area contributed by atoms with Crippen molar-refractivity contribution in [3.63, 3.8) is 0 Å². The van der Waals surface area contributed by atoms with Crippen molar-refractivity contribution in [3.05, 3.63) is 27.7 Å². The van der Waals surface area contributed by atoms with Crippen LogP contribution in [-0.2, 0) is 4.79 Å². The molecule has 0 aliphatic carbocycles. The van der Waals surface area contributed by atoms with Crippen LogP contribution in [0.2, 0.25) is 10.0 Å². The van der Waals surface area contributed by atoms with E-state index in [1.54, 1.807) is 13.0 Å². The van der Waals surface area contributed by atoms with E-state index in [0.717, 1.165) is 5.56 Å². The Labute approximate surface area is 97.6 Å². The summed E-state index contributed by atoms with van der Waals surface area (Å²) in [4.78, 5) is 11.0. The molecule has 0 aliphatic heterocycles. The summed E-state index contributed by atoms with van der Waals surface area (Å²) >= 11 is 15.5. The van der Waals surface area contributed by atoms with Crippen molar-refractivity contribution in [3.8, 4) is 5.75 Å². The molecule has 0 fully saturated rings. The van der Waals surface area contributed by atoms with Gasteiger partial charge in [0.1, 0.15) is 0 Å². The molecule has 0 radical (unpaired) electrons. The molecule has 0 saturated carbocycles. The summed E-state index contributed by atoms with van der Waals surface area (Å²) in [5.41, 5.74) is 0.765. The highest BCUT2D eigenvalue weighted by molar-refractivity contribution is 7.81. The van der Waals surface area contributed by atoms with E-state index in [0.29, 0.717) is 10.0 Å². The first kappa shape index (κ1) is 11.7. The molecule has 2 nitrogen and oxygen atoms in total. The number of rotatable bonds is 2. The zero-order chi connectivity index (χ0) is 10.7. The van der Waals surface area contributed by atoms with Crippen LogP contribution in [0.15, 0.2) is 12.1 Å². The fourth-order valence-corrected chi connectivity index (χ4v) is 1.40. The van der Waals surface area contributed by atoms with Crippen LogP contribution in [0.1, 0.15) is 5.56 Å². The number of halogens is 2. The van der Waals surface area contributed by atoms with E-state index in [1.165, 1.54) is 6.07 Å². The lowest BCUT2D eigenvalue weighted by Crippen LogP contribution is -2.09. The second-order valence-corrected chi connectivity index (χ2v) is 3.80. The van der Waals surface area contributed by atoms with Crippen LogP contribution in [0.4, 0.5) is 0 Å². The van der Waals surface area contributed by atoms with Crippen molar-refractivity contribution in [2.75, 3.05) is 5.75 Å². The van der Waals surface area contributed by atoms with Gasteiger partial charge in [0, 0.05) is 11.1 Å². The molecule has 1 aromatic carbocycles. The summed E-state index contributed by atoms with van der Waals surface area (Å²) in [6, 6.07) is 3.19. The van der Waals surface area contributed by atoms with Gasteiger partial charge in [-0.3, -0.25) is 4.79 Å². The molecule has 14 heavy (non-hydrogen) atoms. The predicted molar refractivity (Wildman–Crippen MR) is 60.7 cm³/mol. The van der Waals surface area contributed by atoms with E-state index < -0.39 is 5.97 Å². The van der Waals surface area contributed by atoms with Gasteiger partial charge in [-0.05, 0) is 18.6 Å².